The molecule has 2 aliphatic heterocycles. The van der Waals surface area contributed by atoms with Crippen LogP contribution >= 0.6 is 0 Å². The molecule has 2 aliphatic rings. The van der Waals surface area contributed by atoms with E-state index in [0.717, 1.165) is 45.4 Å². The summed E-state index contributed by atoms with van der Waals surface area (Å²) >= 11 is 0. The fourth-order valence-electron chi connectivity index (χ4n) is 18.1. The Hall–Kier alpha value is -11.8. The molecule has 0 unspecified atom stereocenters. The Labute approximate surface area is 639 Å². The third-order valence-corrected chi connectivity index (χ3v) is 32.9. The van der Waals surface area contributed by atoms with E-state index in [1.54, 1.807) is 0 Å². The maximum Gasteiger partial charge on any atom is 0.252 e. The Kier molecular flexibility index (Phi) is 16.8. The Balaban J connectivity index is 1.03. The van der Waals surface area contributed by atoms with Crippen LogP contribution in [-0.4, -0.2) is 27.4 Å². The van der Waals surface area contributed by atoms with Crippen LogP contribution in [0, 0.1) is 0 Å². The minimum absolute atomic E-state index is 0.0913. The number of hydrogen-bond acceptors (Lipinski definition) is 2. The molecule has 0 aliphatic carbocycles. The third kappa shape index (κ3) is 11.2. The topological polar surface area (TPSA) is 11.4 Å². The summed E-state index contributed by atoms with van der Waals surface area (Å²) in [6.07, 6.45) is 0. The van der Waals surface area contributed by atoms with E-state index in [2.05, 4.69) is 447 Å². The molecule has 18 rings (SSSR count). The van der Waals surface area contributed by atoms with Gasteiger partial charge in [0.2, 0.25) is 0 Å². The van der Waals surface area contributed by atoms with Crippen molar-refractivity contribution in [2.45, 2.75) is 78.6 Å². The molecular weight excluding hydrogens is 1330 g/mol. The van der Waals surface area contributed by atoms with E-state index >= 15 is 0 Å². The zero-order chi connectivity index (χ0) is 73.7. The second kappa shape index (κ2) is 26.6. The first-order valence-corrected chi connectivity index (χ1v) is 42.3. The fraction of sp³-hybridized carbons (Fsp3) is 0.118. The summed E-state index contributed by atoms with van der Waals surface area (Å²) in [4.78, 5) is 5.42. The highest BCUT2D eigenvalue weighted by Gasteiger charge is 2.49. The average Bonchev–Trinajstić information content (AvgIpc) is 0.810. The van der Waals surface area contributed by atoms with Gasteiger partial charge in [-0.1, -0.05) is 360 Å². The fourth-order valence-corrected chi connectivity index (χ4v) is 27.6. The lowest BCUT2D eigenvalue weighted by Gasteiger charge is -2.46. The zero-order valence-electron chi connectivity index (χ0n) is 63.1. The second-order valence-corrected chi connectivity index (χ2v) is 40.4. The molecule has 0 saturated heterocycles. The van der Waals surface area contributed by atoms with Gasteiger partial charge in [-0.05, 0) is 180 Å². The van der Waals surface area contributed by atoms with Gasteiger partial charge in [0.15, 0.2) is 16.1 Å². The molecule has 0 N–H and O–H groups in total. The molecule has 0 spiro atoms. The normalized spacial score (nSPS) is 13.0. The van der Waals surface area contributed by atoms with Gasteiger partial charge < -0.3 is 14.4 Å². The van der Waals surface area contributed by atoms with E-state index in [-0.39, 0.29) is 23.0 Å². The van der Waals surface area contributed by atoms with Crippen LogP contribution in [0.15, 0.2) is 370 Å². The van der Waals surface area contributed by atoms with Crippen molar-refractivity contribution in [2.75, 3.05) is 9.80 Å². The lowest BCUT2D eigenvalue weighted by atomic mass is 9.32. The summed E-state index contributed by atoms with van der Waals surface area (Å²) in [6.45, 7) is 20.8. The van der Waals surface area contributed by atoms with Crippen LogP contribution in [0.2, 0.25) is 0 Å². The van der Waals surface area contributed by atoms with Gasteiger partial charge in [0.25, 0.3) is 6.71 Å². The number of benzene rings is 15. The summed E-state index contributed by atoms with van der Waals surface area (Å²) in [6, 6.07) is 143. The Morgan fingerprint density at radius 3 is 1.06 bits per heavy atom. The van der Waals surface area contributed by atoms with Crippen LogP contribution < -0.4 is 67.7 Å². The monoisotopic (exact) mass is 1420 g/mol. The summed E-state index contributed by atoms with van der Waals surface area (Å²) in [7, 11) is -6.30. The van der Waals surface area contributed by atoms with Crippen molar-refractivity contribution in [2.24, 2.45) is 0 Å². The SMILES string of the molecule is CC(C)(C)c1ccc(N2c3cc([Si](c4ccccc4)(c4ccccc4)c4ccccc4)ccc3B3c4c(-c5ccccc5)cccc4N(c4cccc([Si](c5ccccc5)(c5ccccc5)c5ccccc5)c4)c4cc(-n5c6ccc(C(C)(C)C)cc6c6cc(C(C)(C)C)ccc65)cc2c43)c(-c2ccccc2)c1. The van der Waals surface area contributed by atoms with Crippen LogP contribution in [0.3, 0.4) is 0 Å². The van der Waals surface area contributed by atoms with Crippen LogP contribution in [0.4, 0.5) is 34.1 Å². The Morgan fingerprint density at radius 1 is 0.241 bits per heavy atom. The van der Waals surface area contributed by atoms with E-state index in [1.807, 2.05) is 0 Å². The maximum absolute atomic E-state index is 3.19. The van der Waals surface area contributed by atoms with Crippen LogP contribution in [-0.2, 0) is 16.2 Å². The average molecular weight is 1420 g/mol. The molecule has 1 aromatic heterocycles. The standard InChI is InChI=1S/C102H88BN3Si2/c1-100(2,3)73-56-61-91(87(64-73)72-38-20-11-21-39-72)106-95-70-85(108(81-47-28-15-29-48-81,82-49-30-16-31-50-82)83-51-32-17-33-52-83)59-60-90(95)103-98-86(71-36-18-10-19-37-71)54-35-55-94(98)104(76-40-34-53-84(67-76)107(78-41-22-12-23-42-78,79-43-24-13-25-44-79)80-45-26-14-27-46-80)96-68-77(69-97(106)99(96)103)105-92-62-57-74(101(4,5)6)65-88(92)89-66-75(102(7,8)9)58-63-93(89)105/h10-70H,1-9H3. The molecule has 522 valence electrons. The molecule has 15 aromatic carbocycles. The largest absolute Gasteiger partial charge is 0.311 e. The van der Waals surface area contributed by atoms with Crippen molar-refractivity contribution in [3.63, 3.8) is 0 Å². The number of nitrogens with zero attached hydrogens (tertiary/aromatic N) is 3. The van der Waals surface area contributed by atoms with E-state index < -0.39 is 16.1 Å². The van der Waals surface area contributed by atoms with E-state index in [0.29, 0.717) is 0 Å². The molecule has 0 atom stereocenters. The van der Waals surface area contributed by atoms with Crippen LogP contribution in [0.5, 0.6) is 0 Å². The van der Waals surface area contributed by atoms with Gasteiger partial charge in [-0.2, -0.15) is 0 Å². The quantitative estimate of drug-likeness (QED) is 0.0842. The molecule has 6 heteroatoms. The maximum atomic E-state index is 2.73. The van der Waals surface area contributed by atoms with Gasteiger partial charge in [-0.3, -0.25) is 0 Å². The Morgan fingerprint density at radius 2 is 0.620 bits per heavy atom. The molecule has 0 saturated carbocycles. The number of aromatic nitrogens is 1. The van der Waals surface area contributed by atoms with Gasteiger partial charge >= 0.3 is 0 Å². The predicted molar refractivity (Wildman–Crippen MR) is 469 cm³/mol. The molecule has 3 heterocycles. The van der Waals surface area contributed by atoms with Crippen LogP contribution in [0.25, 0.3) is 49.7 Å². The number of rotatable bonds is 13. The lowest BCUT2D eigenvalue weighted by molar-refractivity contribution is 0.590. The summed E-state index contributed by atoms with van der Waals surface area (Å²) < 4.78 is 2.61. The highest BCUT2D eigenvalue weighted by Crippen LogP contribution is 2.50. The first kappa shape index (κ1) is 68.0. The number of hydrogen-bond donors (Lipinski definition) is 0. The molecule has 3 nitrogen and oxygen atoms in total. The van der Waals surface area contributed by atoms with E-state index in [9.17, 15) is 0 Å². The third-order valence-electron chi connectivity index (χ3n) is 23.3. The molecule has 0 amide bonds. The molecule has 108 heavy (non-hydrogen) atoms. The van der Waals surface area contributed by atoms with Gasteiger partial charge in [0.05, 0.1) is 22.4 Å². The minimum Gasteiger partial charge on any atom is -0.311 e. The van der Waals surface area contributed by atoms with Crippen molar-refractivity contribution in [1.82, 2.24) is 4.57 Å². The van der Waals surface area contributed by atoms with Crippen molar-refractivity contribution in [3.05, 3.63) is 387 Å². The summed E-state index contributed by atoms with van der Waals surface area (Å²) in [5.74, 6) is 0. The molecule has 0 fully saturated rings. The van der Waals surface area contributed by atoms with E-state index in [4.69, 9.17) is 0 Å². The van der Waals surface area contributed by atoms with Gasteiger partial charge in [0.1, 0.15) is 0 Å². The number of anilines is 6. The van der Waals surface area contributed by atoms with Gasteiger partial charge in [0, 0.05) is 44.8 Å². The molecule has 16 aromatic rings. The van der Waals surface area contributed by atoms with Crippen molar-refractivity contribution in [1.29, 1.82) is 0 Å². The molecule has 0 bridgehead atoms. The first-order chi connectivity index (χ1) is 52.5. The highest BCUT2D eigenvalue weighted by atomic mass is 28.3. The smallest absolute Gasteiger partial charge is 0.252 e. The first-order valence-electron chi connectivity index (χ1n) is 38.3. The lowest BCUT2D eigenvalue weighted by Crippen LogP contribution is -2.75. The van der Waals surface area contributed by atoms with Gasteiger partial charge in [-0.25, -0.2) is 0 Å². The summed E-state index contributed by atoms with van der Waals surface area (Å²) in [5.41, 5.74) is 22.2. The molecular formula is C102H88BN3Si2. The van der Waals surface area contributed by atoms with Crippen LogP contribution in [0.1, 0.15) is 79.0 Å². The van der Waals surface area contributed by atoms with Crippen molar-refractivity contribution in [3.8, 4) is 27.9 Å². The van der Waals surface area contributed by atoms with E-state index in [1.165, 1.54) is 113 Å². The zero-order valence-corrected chi connectivity index (χ0v) is 65.1. The minimum atomic E-state index is -3.19. The van der Waals surface area contributed by atoms with Crippen molar-refractivity contribution >= 4 is 137 Å². The molecule has 0 radical (unpaired) electrons. The number of fused-ring (bicyclic) bond motifs is 7. The Bertz CT molecular complexity index is 5780. The highest BCUT2D eigenvalue weighted by molar-refractivity contribution is 7.20. The van der Waals surface area contributed by atoms with Crippen molar-refractivity contribution < 1.29 is 0 Å². The van der Waals surface area contributed by atoms with Gasteiger partial charge in [-0.15, -0.1) is 0 Å². The second-order valence-electron chi connectivity index (χ2n) is 32.8. The predicted octanol–water partition coefficient (Wildman–Crippen LogP) is 18.8. The summed E-state index contributed by atoms with van der Waals surface area (Å²) in [5, 5.41) is 13.1.